The van der Waals surface area contributed by atoms with Gasteiger partial charge in [0.15, 0.2) is 5.82 Å². The van der Waals surface area contributed by atoms with E-state index < -0.39 is 10.0 Å². The summed E-state index contributed by atoms with van der Waals surface area (Å²) in [6.45, 7) is 9.35. The van der Waals surface area contributed by atoms with Gasteiger partial charge in [-0.3, -0.25) is 4.79 Å². The highest BCUT2D eigenvalue weighted by atomic mass is 32.2. The Morgan fingerprint density at radius 1 is 0.865 bits per heavy atom. The maximum Gasteiger partial charge on any atom is 0.253 e. The Kier molecular flexibility index (Phi) is 8.40. The topological polar surface area (TPSA) is 95.9 Å². The van der Waals surface area contributed by atoms with Crippen LogP contribution in [0.4, 0.5) is 5.82 Å². The SMILES string of the molecule is CCOc1ccc(-c2ccc(N3CCN(C(=O)c4ccc(S(=O)(=O)N(CC)CC)cc4)CC3)nn2)cc1. The molecule has 1 fully saturated rings. The molecule has 3 aromatic rings. The van der Waals surface area contributed by atoms with Gasteiger partial charge in [0.05, 0.1) is 17.2 Å². The lowest BCUT2D eigenvalue weighted by atomic mass is 10.1. The number of hydrogen-bond acceptors (Lipinski definition) is 7. The number of anilines is 1. The fourth-order valence-electron chi connectivity index (χ4n) is 4.34. The van der Waals surface area contributed by atoms with Gasteiger partial charge in [0.1, 0.15) is 5.75 Å². The van der Waals surface area contributed by atoms with Crippen molar-refractivity contribution in [3.05, 3.63) is 66.2 Å². The van der Waals surface area contributed by atoms with Gasteiger partial charge in [0, 0.05) is 50.4 Å². The van der Waals surface area contributed by atoms with Gasteiger partial charge in [-0.25, -0.2) is 8.42 Å². The van der Waals surface area contributed by atoms with Crippen LogP contribution in [0.3, 0.4) is 0 Å². The number of sulfonamides is 1. The number of piperazine rings is 1. The Balaban J connectivity index is 1.35. The summed E-state index contributed by atoms with van der Waals surface area (Å²) < 4.78 is 32.3. The lowest BCUT2D eigenvalue weighted by molar-refractivity contribution is 0.0746. The number of nitrogens with zero attached hydrogens (tertiary/aromatic N) is 5. The zero-order valence-corrected chi connectivity index (χ0v) is 22.3. The quantitative estimate of drug-likeness (QED) is 0.423. The van der Waals surface area contributed by atoms with Gasteiger partial charge in [0.25, 0.3) is 5.91 Å². The number of hydrogen-bond donors (Lipinski definition) is 0. The standard InChI is InChI=1S/C27H33N5O4S/c1-4-32(5-2)37(34,35)24-13-9-22(10-14-24)27(33)31-19-17-30(18-20-31)26-16-15-25(28-29-26)21-7-11-23(12-8-21)36-6-3/h7-16H,4-6,17-20H2,1-3H3. The Labute approximate surface area is 218 Å². The van der Waals surface area contributed by atoms with Crippen LogP contribution in [0.2, 0.25) is 0 Å². The number of carbonyl (C=O) groups excluding carboxylic acids is 1. The van der Waals surface area contributed by atoms with Gasteiger partial charge < -0.3 is 14.5 Å². The first-order valence-corrected chi connectivity index (χ1v) is 14.0. The van der Waals surface area contributed by atoms with E-state index in [-0.39, 0.29) is 10.8 Å². The van der Waals surface area contributed by atoms with Gasteiger partial charge in [-0.1, -0.05) is 13.8 Å². The van der Waals surface area contributed by atoms with E-state index in [2.05, 4.69) is 15.1 Å². The Morgan fingerprint density at radius 3 is 2.05 bits per heavy atom. The van der Waals surface area contributed by atoms with E-state index in [1.807, 2.05) is 43.3 Å². The summed E-state index contributed by atoms with van der Waals surface area (Å²) >= 11 is 0. The molecule has 1 saturated heterocycles. The molecule has 1 aliphatic rings. The van der Waals surface area contributed by atoms with E-state index in [0.29, 0.717) is 51.4 Å². The number of amides is 1. The maximum atomic E-state index is 13.0. The highest BCUT2D eigenvalue weighted by molar-refractivity contribution is 7.89. The first-order valence-electron chi connectivity index (χ1n) is 12.6. The Morgan fingerprint density at radius 2 is 1.51 bits per heavy atom. The van der Waals surface area contributed by atoms with Crippen LogP contribution in [0.15, 0.2) is 65.6 Å². The minimum Gasteiger partial charge on any atom is -0.494 e. The van der Waals surface area contributed by atoms with Crippen molar-refractivity contribution in [2.24, 2.45) is 0 Å². The zero-order chi connectivity index (χ0) is 26.4. The summed E-state index contributed by atoms with van der Waals surface area (Å²) in [7, 11) is -3.55. The van der Waals surface area contributed by atoms with Crippen molar-refractivity contribution in [2.45, 2.75) is 25.7 Å². The van der Waals surface area contributed by atoms with Crippen LogP contribution in [0.5, 0.6) is 5.75 Å². The molecular formula is C27H33N5O4S. The monoisotopic (exact) mass is 523 g/mol. The molecular weight excluding hydrogens is 490 g/mol. The summed E-state index contributed by atoms with van der Waals surface area (Å²) in [5.41, 5.74) is 2.23. The van der Waals surface area contributed by atoms with Crippen LogP contribution in [0.1, 0.15) is 31.1 Å². The third-order valence-electron chi connectivity index (χ3n) is 6.45. The summed E-state index contributed by atoms with van der Waals surface area (Å²) in [6, 6.07) is 17.9. The molecule has 0 bridgehead atoms. The summed E-state index contributed by atoms with van der Waals surface area (Å²) in [6.07, 6.45) is 0. The second-order valence-electron chi connectivity index (χ2n) is 8.63. The fourth-order valence-corrected chi connectivity index (χ4v) is 5.80. The second kappa shape index (κ2) is 11.7. The molecule has 0 aliphatic carbocycles. The zero-order valence-electron chi connectivity index (χ0n) is 21.5. The molecule has 0 unspecified atom stereocenters. The Hall–Kier alpha value is -3.50. The first-order chi connectivity index (χ1) is 17.9. The molecule has 4 rings (SSSR count). The van der Waals surface area contributed by atoms with Crippen molar-refractivity contribution in [1.82, 2.24) is 19.4 Å². The number of aromatic nitrogens is 2. The van der Waals surface area contributed by atoms with Crippen molar-refractivity contribution in [3.8, 4) is 17.0 Å². The van der Waals surface area contributed by atoms with Crippen molar-refractivity contribution in [3.63, 3.8) is 0 Å². The molecule has 2 heterocycles. The predicted molar refractivity (Wildman–Crippen MR) is 143 cm³/mol. The van der Waals surface area contributed by atoms with Gasteiger partial charge in [-0.2, -0.15) is 4.31 Å². The van der Waals surface area contributed by atoms with Crippen LogP contribution in [-0.2, 0) is 10.0 Å². The highest BCUT2D eigenvalue weighted by Crippen LogP contribution is 2.23. The number of rotatable bonds is 9. The summed E-state index contributed by atoms with van der Waals surface area (Å²) in [5, 5.41) is 8.80. The van der Waals surface area contributed by atoms with Crippen molar-refractivity contribution in [2.75, 3.05) is 50.8 Å². The van der Waals surface area contributed by atoms with Crippen molar-refractivity contribution >= 4 is 21.7 Å². The third kappa shape index (κ3) is 5.91. The summed E-state index contributed by atoms with van der Waals surface area (Å²) in [4.78, 5) is 17.1. The second-order valence-corrected chi connectivity index (χ2v) is 10.6. The van der Waals surface area contributed by atoms with Crippen LogP contribution >= 0.6 is 0 Å². The van der Waals surface area contributed by atoms with E-state index in [4.69, 9.17) is 4.74 Å². The van der Waals surface area contributed by atoms with E-state index in [1.165, 1.54) is 16.4 Å². The largest absolute Gasteiger partial charge is 0.494 e. The summed E-state index contributed by atoms with van der Waals surface area (Å²) in [5.74, 6) is 1.49. The van der Waals surface area contributed by atoms with E-state index in [1.54, 1.807) is 30.9 Å². The van der Waals surface area contributed by atoms with Gasteiger partial charge in [-0.15, -0.1) is 10.2 Å². The van der Waals surface area contributed by atoms with Crippen molar-refractivity contribution < 1.29 is 17.9 Å². The lowest BCUT2D eigenvalue weighted by Gasteiger charge is -2.35. The smallest absolute Gasteiger partial charge is 0.253 e. The molecule has 1 aromatic heterocycles. The molecule has 1 aliphatic heterocycles. The van der Waals surface area contributed by atoms with Crippen LogP contribution < -0.4 is 9.64 Å². The molecule has 0 N–H and O–H groups in total. The number of carbonyl (C=O) groups is 1. The van der Waals surface area contributed by atoms with E-state index in [0.717, 1.165) is 22.8 Å². The molecule has 10 heteroatoms. The van der Waals surface area contributed by atoms with Crippen LogP contribution in [0.25, 0.3) is 11.3 Å². The Bertz CT molecular complexity index is 1280. The minimum absolute atomic E-state index is 0.108. The molecule has 2 aromatic carbocycles. The molecule has 0 spiro atoms. The highest BCUT2D eigenvalue weighted by Gasteiger charge is 2.25. The molecule has 9 nitrogen and oxygen atoms in total. The normalized spacial score (nSPS) is 14.2. The lowest BCUT2D eigenvalue weighted by Crippen LogP contribution is -2.49. The van der Waals surface area contributed by atoms with Gasteiger partial charge in [-0.05, 0) is 67.6 Å². The van der Waals surface area contributed by atoms with E-state index in [9.17, 15) is 13.2 Å². The average molecular weight is 524 g/mol. The molecule has 0 atom stereocenters. The van der Waals surface area contributed by atoms with Crippen LogP contribution in [0, 0.1) is 0 Å². The molecule has 37 heavy (non-hydrogen) atoms. The van der Waals surface area contributed by atoms with E-state index >= 15 is 0 Å². The number of ether oxygens (including phenoxy) is 1. The molecule has 0 radical (unpaired) electrons. The molecule has 1 amide bonds. The minimum atomic E-state index is -3.55. The van der Waals surface area contributed by atoms with Gasteiger partial charge >= 0.3 is 0 Å². The fraction of sp³-hybridized carbons (Fsp3) is 0.370. The number of benzene rings is 2. The first kappa shape index (κ1) is 26.6. The van der Waals surface area contributed by atoms with Crippen molar-refractivity contribution in [1.29, 1.82) is 0 Å². The maximum absolute atomic E-state index is 13.0. The predicted octanol–water partition coefficient (Wildman–Crippen LogP) is 3.54. The third-order valence-corrected chi connectivity index (χ3v) is 8.51. The van der Waals surface area contributed by atoms with Gasteiger partial charge in [0.2, 0.25) is 10.0 Å². The van der Waals surface area contributed by atoms with Crippen LogP contribution in [-0.4, -0.2) is 79.6 Å². The average Bonchev–Trinajstić information content (AvgIpc) is 2.94. The molecule has 0 saturated carbocycles. The molecule has 196 valence electrons.